The van der Waals surface area contributed by atoms with Gasteiger partial charge in [0.2, 0.25) is 0 Å². The minimum atomic E-state index is -0.00429. The number of nitriles is 1. The van der Waals surface area contributed by atoms with Gasteiger partial charge in [0.15, 0.2) is 0 Å². The molecule has 0 aliphatic carbocycles. The van der Waals surface area contributed by atoms with Gasteiger partial charge in [-0.3, -0.25) is 9.69 Å². The topological polar surface area (TPSA) is 80.6 Å². The second-order valence-corrected chi connectivity index (χ2v) is 7.39. The normalized spacial score (nSPS) is 22.3. The Balaban J connectivity index is 1.31. The van der Waals surface area contributed by atoms with Gasteiger partial charge in [-0.05, 0) is 42.3 Å². The third-order valence-corrected chi connectivity index (χ3v) is 5.68. The summed E-state index contributed by atoms with van der Waals surface area (Å²) in [5.41, 5.74) is 9.11. The molecule has 0 saturated carbocycles. The lowest BCUT2D eigenvalue weighted by Gasteiger charge is -2.37. The Labute approximate surface area is 170 Å². The minimum Gasteiger partial charge on any atom is -0.497 e. The van der Waals surface area contributed by atoms with Crippen LogP contribution in [0.2, 0.25) is 0 Å². The standard InChI is InChI=1S/C22H25N5O2/c1-29-19-7-5-17(6-8-19)20-14-21(25-24-20)26-9-11-27(12-10-26)22(28)18-4-2-3-16(13-18)15-23/h2-8,13,20-21,24-25H,9-12,14H2,1H3. The Morgan fingerprint density at radius 2 is 1.86 bits per heavy atom. The van der Waals surface area contributed by atoms with E-state index in [-0.39, 0.29) is 18.1 Å². The van der Waals surface area contributed by atoms with E-state index in [2.05, 4.69) is 34.0 Å². The zero-order valence-corrected chi connectivity index (χ0v) is 16.5. The van der Waals surface area contributed by atoms with E-state index >= 15 is 0 Å². The molecule has 4 rings (SSSR count). The number of hydrazine groups is 1. The summed E-state index contributed by atoms with van der Waals surface area (Å²) >= 11 is 0. The van der Waals surface area contributed by atoms with Gasteiger partial charge in [0, 0.05) is 37.8 Å². The number of carbonyl (C=O) groups is 1. The van der Waals surface area contributed by atoms with Gasteiger partial charge in [0.1, 0.15) is 5.75 Å². The third-order valence-electron chi connectivity index (χ3n) is 5.68. The SMILES string of the molecule is COc1ccc(C2CC(N3CCN(C(=O)c4cccc(C#N)c4)CC3)NN2)cc1. The quantitative estimate of drug-likeness (QED) is 0.829. The van der Waals surface area contributed by atoms with Crippen LogP contribution in [0.4, 0.5) is 0 Å². The lowest BCUT2D eigenvalue weighted by Crippen LogP contribution is -2.55. The van der Waals surface area contributed by atoms with Crippen LogP contribution in [0.25, 0.3) is 0 Å². The van der Waals surface area contributed by atoms with Crippen LogP contribution in [0, 0.1) is 11.3 Å². The van der Waals surface area contributed by atoms with Crippen LogP contribution in [0.3, 0.4) is 0 Å². The number of piperazine rings is 1. The summed E-state index contributed by atoms with van der Waals surface area (Å²) in [7, 11) is 1.67. The number of carbonyl (C=O) groups excluding carboxylic acids is 1. The number of rotatable bonds is 4. The number of benzene rings is 2. The second kappa shape index (κ2) is 8.62. The molecule has 0 spiro atoms. The highest BCUT2D eigenvalue weighted by Gasteiger charge is 2.32. The Morgan fingerprint density at radius 1 is 1.10 bits per heavy atom. The van der Waals surface area contributed by atoms with Crippen molar-refractivity contribution in [1.82, 2.24) is 20.7 Å². The summed E-state index contributed by atoms with van der Waals surface area (Å²) in [6.45, 7) is 3.00. The average Bonchev–Trinajstić information content (AvgIpc) is 3.29. The predicted octanol–water partition coefficient (Wildman–Crippen LogP) is 1.89. The molecule has 2 saturated heterocycles. The lowest BCUT2D eigenvalue weighted by atomic mass is 10.0. The molecule has 2 aliphatic rings. The van der Waals surface area contributed by atoms with Crippen molar-refractivity contribution in [2.45, 2.75) is 18.6 Å². The molecule has 29 heavy (non-hydrogen) atoms. The van der Waals surface area contributed by atoms with Crippen LogP contribution in [0.5, 0.6) is 5.75 Å². The van der Waals surface area contributed by atoms with Crippen LogP contribution in [0.15, 0.2) is 48.5 Å². The molecule has 2 aromatic rings. The van der Waals surface area contributed by atoms with Crippen LogP contribution < -0.4 is 15.6 Å². The summed E-state index contributed by atoms with van der Waals surface area (Å²) < 4.78 is 5.23. The molecule has 2 heterocycles. The highest BCUT2D eigenvalue weighted by molar-refractivity contribution is 5.94. The van der Waals surface area contributed by atoms with Crippen LogP contribution in [-0.4, -0.2) is 55.2 Å². The molecule has 2 fully saturated rings. The van der Waals surface area contributed by atoms with Gasteiger partial charge in [-0.2, -0.15) is 5.26 Å². The number of hydrogen-bond donors (Lipinski definition) is 2. The van der Waals surface area contributed by atoms with Crippen molar-refractivity contribution in [3.8, 4) is 11.8 Å². The van der Waals surface area contributed by atoms with Crippen LogP contribution >= 0.6 is 0 Å². The average molecular weight is 391 g/mol. The number of nitrogens with one attached hydrogen (secondary N) is 2. The zero-order valence-electron chi connectivity index (χ0n) is 16.5. The summed E-state index contributed by atoms with van der Waals surface area (Å²) in [5, 5.41) is 9.04. The van der Waals surface area contributed by atoms with Gasteiger partial charge in [0.25, 0.3) is 5.91 Å². The monoisotopic (exact) mass is 391 g/mol. The van der Waals surface area contributed by atoms with Crippen molar-refractivity contribution in [1.29, 1.82) is 5.26 Å². The van der Waals surface area contributed by atoms with E-state index in [0.717, 1.165) is 25.3 Å². The van der Waals surface area contributed by atoms with Crippen molar-refractivity contribution in [3.63, 3.8) is 0 Å². The van der Waals surface area contributed by atoms with Crippen molar-refractivity contribution in [3.05, 3.63) is 65.2 Å². The van der Waals surface area contributed by atoms with Crippen LogP contribution in [0.1, 0.15) is 33.9 Å². The fraction of sp³-hybridized carbons (Fsp3) is 0.364. The van der Waals surface area contributed by atoms with Gasteiger partial charge in [-0.25, -0.2) is 10.9 Å². The fourth-order valence-corrected chi connectivity index (χ4v) is 3.97. The maximum Gasteiger partial charge on any atom is 0.253 e. The molecule has 2 N–H and O–H groups in total. The van der Waals surface area contributed by atoms with E-state index in [4.69, 9.17) is 10.00 Å². The molecule has 2 atom stereocenters. The lowest BCUT2D eigenvalue weighted by molar-refractivity contribution is 0.0545. The maximum atomic E-state index is 12.7. The Morgan fingerprint density at radius 3 is 2.55 bits per heavy atom. The van der Waals surface area contributed by atoms with Crippen molar-refractivity contribution >= 4 is 5.91 Å². The Bertz CT molecular complexity index is 900. The highest BCUT2D eigenvalue weighted by atomic mass is 16.5. The first kappa shape index (κ1) is 19.4. The van der Waals surface area contributed by atoms with E-state index in [1.54, 1.807) is 31.4 Å². The summed E-state index contributed by atoms with van der Waals surface area (Å²) in [5.74, 6) is 0.854. The number of ether oxygens (including phenoxy) is 1. The molecular weight excluding hydrogens is 366 g/mol. The predicted molar refractivity (Wildman–Crippen MR) is 109 cm³/mol. The highest BCUT2D eigenvalue weighted by Crippen LogP contribution is 2.26. The number of amides is 1. The molecule has 1 amide bonds. The first-order chi connectivity index (χ1) is 14.2. The molecule has 0 aromatic heterocycles. The minimum absolute atomic E-state index is 0.00429. The van der Waals surface area contributed by atoms with Gasteiger partial charge in [-0.1, -0.05) is 18.2 Å². The first-order valence-corrected chi connectivity index (χ1v) is 9.86. The van der Waals surface area contributed by atoms with E-state index < -0.39 is 0 Å². The Hall–Kier alpha value is -2.92. The smallest absolute Gasteiger partial charge is 0.253 e. The molecule has 2 unspecified atom stereocenters. The summed E-state index contributed by atoms with van der Waals surface area (Å²) in [6, 6.07) is 17.4. The van der Waals surface area contributed by atoms with E-state index in [9.17, 15) is 4.79 Å². The molecule has 0 bridgehead atoms. The van der Waals surface area contributed by atoms with Gasteiger partial charge < -0.3 is 9.64 Å². The van der Waals surface area contributed by atoms with Gasteiger partial charge >= 0.3 is 0 Å². The molecule has 0 radical (unpaired) electrons. The van der Waals surface area contributed by atoms with E-state index in [1.807, 2.05) is 17.0 Å². The number of methoxy groups -OCH3 is 1. The second-order valence-electron chi connectivity index (χ2n) is 7.39. The number of hydrogen-bond acceptors (Lipinski definition) is 6. The Kier molecular flexibility index (Phi) is 5.76. The third kappa shape index (κ3) is 4.25. The maximum absolute atomic E-state index is 12.7. The number of nitrogens with zero attached hydrogens (tertiary/aromatic N) is 3. The largest absolute Gasteiger partial charge is 0.497 e. The molecule has 2 aliphatic heterocycles. The van der Waals surface area contributed by atoms with Gasteiger partial charge in [-0.15, -0.1) is 0 Å². The molecule has 7 nitrogen and oxygen atoms in total. The van der Waals surface area contributed by atoms with Crippen molar-refractivity contribution < 1.29 is 9.53 Å². The van der Waals surface area contributed by atoms with E-state index in [0.29, 0.717) is 24.2 Å². The fourth-order valence-electron chi connectivity index (χ4n) is 3.97. The van der Waals surface area contributed by atoms with E-state index in [1.165, 1.54) is 5.56 Å². The summed E-state index contributed by atoms with van der Waals surface area (Å²) in [6.07, 6.45) is 1.20. The van der Waals surface area contributed by atoms with Crippen molar-refractivity contribution in [2.24, 2.45) is 0 Å². The molecular formula is C22H25N5O2. The molecule has 2 aromatic carbocycles. The van der Waals surface area contributed by atoms with Gasteiger partial charge in [0.05, 0.1) is 24.9 Å². The summed E-state index contributed by atoms with van der Waals surface area (Å²) in [4.78, 5) is 17.0. The van der Waals surface area contributed by atoms with Crippen molar-refractivity contribution in [2.75, 3.05) is 33.3 Å². The molecule has 150 valence electrons. The van der Waals surface area contributed by atoms with Crippen LogP contribution in [-0.2, 0) is 0 Å². The zero-order chi connectivity index (χ0) is 20.2. The first-order valence-electron chi connectivity index (χ1n) is 9.86. The molecule has 7 heteroatoms.